The SMILES string of the molecule is CCCOc1ccc(/C(O)=C2\C(=O)C(=O)N(c3cccc(NC(C)=O)c3)C2c2ccc(N(C)C)cc2)cc1. The fraction of sp³-hybridized carbons (Fsp3) is 0.233. The molecule has 1 saturated heterocycles. The molecule has 0 aliphatic carbocycles. The number of ketones is 1. The van der Waals surface area contributed by atoms with Crippen molar-refractivity contribution >= 4 is 40.4 Å². The molecule has 0 bridgehead atoms. The molecule has 0 spiro atoms. The first kappa shape index (κ1) is 26.5. The van der Waals surface area contributed by atoms with Crippen molar-refractivity contribution in [1.82, 2.24) is 0 Å². The second-order valence-electron chi connectivity index (χ2n) is 9.26. The Hall–Kier alpha value is -4.59. The van der Waals surface area contributed by atoms with Crippen LogP contribution in [0.1, 0.15) is 37.4 Å². The van der Waals surface area contributed by atoms with Crippen molar-refractivity contribution in [3.8, 4) is 5.75 Å². The molecule has 3 aromatic rings. The van der Waals surface area contributed by atoms with Gasteiger partial charge < -0.3 is 20.1 Å². The van der Waals surface area contributed by atoms with E-state index in [0.717, 1.165) is 12.1 Å². The van der Waals surface area contributed by atoms with Crippen LogP contribution in [0.3, 0.4) is 0 Å². The number of nitrogens with zero attached hydrogens (tertiary/aromatic N) is 2. The maximum atomic E-state index is 13.4. The van der Waals surface area contributed by atoms with E-state index in [1.165, 1.54) is 11.8 Å². The van der Waals surface area contributed by atoms with E-state index < -0.39 is 17.7 Å². The third-order valence-electron chi connectivity index (χ3n) is 6.21. The van der Waals surface area contributed by atoms with E-state index in [0.29, 0.717) is 34.9 Å². The van der Waals surface area contributed by atoms with E-state index in [9.17, 15) is 19.5 Å². The molecule has 4 rings (SSSR count). The van der Waals surface area contributed by atoms with Gasteiger partial charge in [0.05, 0.1) is 18.2 Å². The van der Waals surface area contributed by atoms with Gasteiger partial charge in [-0.2, -0.15) is 0 Å². The molecule has 0 saturated carbocycles. The van der Waals surface area contributed by atoms with E-state index in [4.69, 9.17) is 4.74 Å². The van der Waals surface area contributed by atoms with E-state index in [-0.39, 0.29) is 17.2 Å². The molecule has 38 heavy (non-hydrogen) atoms. The largest absolute Gasteiger partial charge is 0.507 e. The van der Waals surface area contributed by atoms with Crippen LogP contribution in [0.2, 0.25) is 0 Å². The second-order valence-corrected chi connectivity index (χ2v) is 9.26. The Kier molecular flexibility index (Phi) is 7.81. The molecule has 0 radical (unpaired) electrons. The standard InChI is InChI=1S/C30H31N3O5/c1-5-17-38-25-15-11-21(12-16-25)28(35)26-27(20-9-13-23(14-10-20)32(3)4)33(30(37)29(26)36)24-8-6-7-22(18-24)31-19(2)34/h6-16,18,27,35H,5,17H2,1-4H3,(H,31,34)/b28-26+. The van der Waals surface area contributed by atoms with Crippen molar-refractivity contribution in [1.29, 1.82) is 0 Å². The Balaban J connectivity index is 1.85. The van der Waals surface area contributed by atoms with Crippen molar-refractivity contribution in [3.63, 3.8) is 0 Å². The summed E-state index contributed by atoms with van der Waals surface area (Å²) < 4.78 is 5.63. The highest BCUT2D eigenvalue weighted by molar-refractivity contribution is 6.51. The predicted molar refractivity (Wildman–Crippen MR) is 149 cm³/mol. The summed E-state index contributed by atoms with van der Waals surface area (Å²) in [5.74, 6) is -1.44. The van der Waals surface area contributed by atoms with Gasteiger partial charge in [0.1, 0.15) is 11.5 Å². The smallest absolute Gasteiger partial charge is 0.300 e. The summed E-state index contributed by atoms with van der Waals surface area (Å²) in [5, 5.41) is 14.1. The maximum absolute atomic E-state index is 13.4. The highest BCUT2D eigenvalue weighted by Crippen LogP contribution is 2.43. The van der Waals surface area contributed by atoms with Crippen LogP contribution in [0.4, 0.5) is 17.1 Å². The molecule has 3 aromatic carbocycles. The first-order chi connectivity index (χ1) is 18.2. The van der Waals surface area contributed by atoms with Gasteiger partial charge in [-0.3, -0.25) is 19.3 Å². The number of rotatable bonds is 8. The zero-order valence-electron chi connectivity index (χ0n) is 21.9. The number of hydrogen-bond donors (Lipinski definition) is 2. The third kappa shape index (κ3) is 5.39. The molecular formula is C30H31N3O5. The molecule has 0 aromatic heterocycles. The minimum atomic E-state index is -0.880. The van der Waals surface area contributed by atoms with E-state index >= 15 is 0 Å². The first-order valence-electron chi connectivity index (χ1n) is 12.4. The van der Waals surface area contributed by atoms with Crippen molar-refractivity contribution in [2.45, 2.75) is 26.3 Å². The Morgan fingerprint density at radius 1 is 1.03 bits per heavy atom. The van der Waals surface area contributed by atoms with Crippen LogP contribution in [0.25, 0.3) is 5.76 Å². The van der Waals surface area contributed by atoms with E-state index in [1.54, 1.807) is 48.5 Å². The van der Waals surface area contributed by atoms with Gasteiger partial charge in [-0.1, -0.05) is 25.1 Å². The van der Waals surface area contributed by atoms with Gasteiger partial charge in [-0.15, -0.1) is 0 Å². The van der Waals surface area contributed by atoms with Crippen LogP contribution in [0.5, 0.6) is 5.75 Å². The molecule has 2 amide bonds. The van der Waals surface area contributed by atoms with Crippen LogP contribution in [0.15, 0.2) is 78.4 Å². The van der Waals surface area contributed by atoms with Crippen LogP contribution in [-0.2, 0) is 14.4 Å². The molecule has 1 aliphatic heterocycles. The molecule has 1 heterocycles. The monoisotopic (exact) mass is 513 g/mol. The zero-order chi connectivity index (χ0) is 27.4. The van der Waals surface area contributed by atoms with Gasteiger partial charge in [-0.25, -0.2) is 0 Å². The van der Waals surface area contributed by atoms with Crippen LogP contribution in [-0.4, -0.2) is 43.4 Å². The van der Waals surface area contributed by atoms with Crippen LogP contribution >= 0.6 is 0 Å². The molecular weight excluding hydrogens is 482 g/mol. The van der Waals surface area contributed by atoms with Gasteiger partial charge in [-0.05, 0) is 66.6 Å². The lowest BCUT2D eigenvalue weighted by molar-refractivity contribution is -0.132. The lowest BCUT2D eigenvalue weighted by Gasteiger charge is -2.26. The number of amides is 2. The normalized spacial score (nSPS) is 16.4. The summed E-state index contributed by atoms with van der Waals surface area (Å²) in [6.07, 6.45) is 0.862. The minimum absolute atomic E-state index is 0.0141. The average molecular weight is 514 g/mol. The summed E-state index contributed by atoms with van der Waals surface area (Å²) in [5.41, 5.74) is 2.89. The van der Waals surface area contributed by atoms with Gasteiger partial charge in [0.25, 0.3) is 11.7 Å². The number of aliphatic hydroxyl groups excluding tert-OH is 1. The van der Waals surface area contributed by atoms with E-state index in [1.807, 2.05) is 50.2 Å². The summed E-state index contributed by atoms with van der Waals surface area (Å²) in [6, 6.07) is 20.1. The van der Waals surface area contributed by atoms with Crippen LogP contribution < -0.4 is 19.9 Å². The molecule has 8 heteroatoms. The van der Waals surface area contributed by atoms with Crippen LogP contribution in [0, 0.1) is 0 Å². The highest BCUT2D eigenvalue weighted by atomic mass is 16.5. The summed E-state index contributed by atoms with van der Waals surface area (Å²) >= 11 is 0. The first-order valence-corrected chi connectivity index (χ1v) is 12.4. The van der Waals surface area contributed by atoms with Crippen molar-refractivity contribution in [2.24, 2.45) is 0 Å². The van der Waals surface area contributed by atoms with Gasteiger partial charge >= 0.3 is 0 Å². The highest BCUT2D eigenvalue weighted by Gasteiger charge is 2.47. The fourth-order valence-electron chi connectivity index (χ4n) is 4.39. The number of nitrogens with one attached hydrogen (secondary N) is 1. The Morgan fingerprint density at radius 3 is 2.32 bits per heavy atom. The van der Waals surface area contributed by atoms with Crippen molar-refractivity contribution in [2.75, 3.05) is 35.8 Å². The molecule has 2 N–H and O–H groups in total. The number of aliphatic hydroxyl groups is 1. The summed E-state index contributed by atoms with van der Waals surface area (Å²) in [6.45, 7) is 3.97. The molecule has 8 nitrogen and oxygen atoms in total. The molecule has 1 aliphatic rings. The molecule has 1 unspecified atom stereocenters. The lowest BCUT2D eigenvalue weighted by Crippen LogP contribution is -2.29. The molecule has 1 atom stereocenters. The Morgan fingerprint density at radius 2 is 1.71 bits per heavy atom. The predicted octanol–water partition coefficient (Wildman–Crippen LogP) is 5.13. The number of Topliss-reactive ketones (excluding diaryl/α,β-unsaturated/α-hetero) is 1. The summed E-state index contributed by atoms with van der Waals surface area (Å²) in [4.78, 5) is 41.8. The number of carbonyl (C=O) groups excluding carboxylic acids is 3. The quantitative estimate of drug-likeness (QED) is 0.246. The Bertz CT molecular complexity index is 1380. The maximum Gasteiger partial charge on any atom is 0.300 e. The molecule has 1 fully saturated rings. The summed E-state index contributed by atoms with van der Waals surface area (Å²) in [7, 11) is 3.84. The fourth-order valence-corrected chi connectivity index (χ4v) is 4.39. The third-order valence-corrected chi connectivity index (χ3v) is 6.21. The van der Waals surface area contributed by atoms with E-state index in [2.05, 4.69) is 5.32 Å². The number of anilines is 3. The molecule has 196 valence electrons. The van der Waals surface area contributed by atoms with Crippen molar-refractivity contribution < 1.29 is 24.2 Å². The van der Waals surface area contributed by atoms with Gasteiger partial charge in [0, 0.05) is 43.6 Å². The topological polar surface area (TPSA) is 99.2 Å². The average Bonchev–Trinajstić information content (AvgIpc) is 3.17. The number of carbonyl (C=O) groups is 3. The second kappa shape index (κ2) is 11.2. The lowest BCUT2D eigenvalue weighted by atomic mass is 9.95. The zero-order valence-corrected chi connectivity index (χ0v) is 21.9. The van der Waals surface area contributed by atoms with Gasteiger partial charge in [0.15, 0.2) is 0 Å². The number of hydrogen-bond acceptors (Lipinski definition) is 6. The Labute approximate surface area is 222 Å². The number of benzene rings is 3. The number of ether oxygens (including phenoxy) is 1. The minimum Gasteiger partial charge on any atom is -0.507 e. The van der Waals surface area contributed by atoms with Crippen molar-refractivity contribution in [3.05, 3.63) is 89.5 Å². The van der Waals surface area contributed by atoms with Gasteiger partial charge in [0.2, 0.25) is 5.91 Å².